The summed E-state index contributed by atoms with van der Waals surface area (Å²) in [5.41, 5.74) is 1.23. The molecule has 122 valence electrons. The summed E-state index contributed by atoms with van der Waals surface area (Å²) in [4.78, 5) is 13.8. The molecule has 1 heterocycles. The summed E-state index contributed by atoms with van der Waals surface area (Å²) >= 11 is 0. The number of likely N-dealkylation sites (tertiary alicyclic amines) is 1. The number of methoxy groups -OCH3 is 1. The highest BCUT2D eigenvalue weighted by atomic mass is 16.5. The Balaban J connectivity index is 1.74. The van der Waals surface area contributed by atoms with Crippen LogP contribution in [0, 0.1) is 0 Å². The predicted molar refractivity (Wildman–Crippen MR) is 86.1 cm³/mol. The highest BCUT2D eigenvalue weighted by Gasteiger charge is 2.22. The third-order valence-corrected chi connectivity index (χ3v) is 4.08. The van der Waals surface area contributed by atoms with Crippen molar-refractivity contribution in [3.63, 3.8) is 0 Å². The van der Waals surface area contributed by atoms with Crippen molar-refractivity contribution in [2.75, 3.05) is 20.2 Å². The number of urea groups is 1. The first-order valence-electron chi connectivity index (χ1n) is 7.95. The standard InChI is InChI=1S/C17H26N2O3/c1-13(5-6-14-7-9-16(22-2)10-8-14)18-17(21)19-11-3-4-15(20)12-19/h7-10,13,15,20H,3-6,11-12H2,1-2H3,(H,18,21). The second kappa shape index (κ2) is 8.03. The van der Waals surface area contributed by atoms with Crippen molar-refractivity contribution >= 4 is 6.03 Å². The van der Waals surface area contributed by atoms with E-state index in [0.717, 1.165) is 38.0 Å². The lowest BCUT2D eigenvalue weighted by Gasteiger charge is -2.31. The average Bonchev–Trinajstić information content (AvgIpc) is 2.53. The first-order valence-corrected chi connectivity index (χ1v) is 7.95. The molecule has 0 radical (unpaired) electrons. The normalized spacial score (nSPS) is 19.6. The van der Waals surface area contributed by atoms with Crippen molar-refractivity contribution < 1.29 is 14.6 Å². The van der Waals surface area contributed by atoms with Gasteiger partial charge in [-0.05, 0) is 50.3 Å². The van der Waals surface area contributed by atoms with E-state index in [9.17, 15) is 9.90 Å². The molecule has 5 nitrogen and oxygen atoms in total. The number of nitrogens with one attached hydrogen (secondary N) is 1. The van der Waals surface area contributed by atoms with E-state index in [1.807, 2.05) is 31.2 Å². The van der Waals surface area contributed by atoms with Crippen LogP contribution >= 0.6 is 0 Å². The molecule has 2 N–H and O–H groups in total. The molecule has 2 unspecified atom stereocenters. The van der Waals surface area contributed by atoms with Crippen LogP contribution in [0.4, 0.5) is 4.79 Å². The van der Waals surface area contributed by atoms with Crippen molar-refractivity contribution in [2.24, 2.45) is 0 Å². The largest absolute Gasteiger partial charge is 0.497 e. The lowest BCUT2D eigenvalue weighted by Crippen LogP contribution is -2.49. The number of aliphatic hydroxyl groups excluding tert-OH is 1. The van der Waals surface area contributed by atoms with Crippen molar-refractivity contribution in [3.8, 4) is 5.75 Å². The smallest absolute Gasteiger partial charge is 0.317 e. The van der Waals surface area contributed by atoms with Gasteiger partial charge in [0.2, 0.25) is 0 Å². The quantitative estimate of drug-likeness (QED) is 0.876. The van der Waals surface area contributed by atoms with Crippen LogP contribution in [-0.4, -0.2) is 48.4 Å². The number of β-amino-alcohol motifs (C(OH)–C–C–N with tert-alkyl or cyclic N) is 1. The van der Waals surface area contributed by atoms with E-state index in [4.69, 9.17) is 4.74 Å². The maximum Gasteiger partial charge on any atom is 0.317 e. The second-order valence-electron chi connectivity index (χ2n) is 5.98. The Kier molecular flexibility index (Phi) is 6.07. The molecule has 1 fully saturated rings. The number of hydrogen-bond acceptors (Lipinski definition) is 3. The molecule has 0 saturated carbocycles. The Morgan fingerprint density at radius 1 is 1.45 bits per heavy atom. The summed E-state index contributed by atoms with van der Waals surface area (Å²) in [6, 6.07) is 8.04. The summed E-state index contributed by atoms with van der Waals surface area (Å²) in [5.74, 6) is 0.855. The number of piperidine rings is 1. The molecule has 1 aromatic rings. The molecular formula is C17H26N2O3. The molecule has 2 atom stereocenters. The molecule has 0 aliphatic carbocycles. The highest BCUT2D eigenvalue weighted by molar-refractivity contribution is 5.74. The molecule has 1 aliphatic heterocycles. The maximum atomic E-state index is 12.1. The molecule has 0 aromatic heterocycles. The van der Waals surface area contributed by atoms with E-state index in [1.54, 1.807) is 12.0 Å². The number of rotatable bonds is 5. The van der Waals surface area contributed by atoms with E-state index in [-0.39, 0.29) is 18.2 Å². The number of aliphatic hydroxyl groups is 1. The number of amides is 2. The van der Waals surface area contributed by atoms with Gasteiger partial charge < -0.3 is 20.1 Å². The van der Waals surface area contributed by atoms with Gasteiger partial charge in [-0.25, -0.2) is 4.79 Å². The van der Waals surface area contributed by atoms with E-state index < -0.39 is 0 Å². The lowest BCUT2D eigenvalue weighted by atomic mass is 10.1. The minimum atomic E-state index is -0.380. The molecule has 1 saturated heterocycles. The number of hydrogen-bond donors (Lipinski definition) is 2. The molecule has 22 heavy (non-hydrogen) atoms. The number of benzene rings is 1. The molecule has 1 aromatic carbocycles. The summed E-state index contributed by atoms with van der Waals surface area (Å²) < 4.78 is 5.14. The van der Waals surface area contributed by atoms with E-state index in [2.05, 4.69) is 5.32 Å². The molecule has 2 rings (SSSR count). The van der Waals surface area contributed by atoms with Crippen molar-refractivity contribution in [1.29, 1.82) is 0 Å². The molecule has 0 spiro atoms. The maximum absolute atomic E-state index is 12.1. The zero-order valence-corrected chi connectivity index (χ0v) is 13.4. The number of aryl methyl sites for hydroxylation is 1. The lowest BCUT2D eigenvalue weighted by molar-refractivity contribution is 0.0834. The van der Waals surface area contributed by atoms with Gasteiger partial charge in [-0.1, -0.05) is 12.1 Å². The summed E-state index contributed by atoms with van der Waals surface area (Å²) in [5, 5.41) is 12.6. The predicted octanol–water partition coefficient (Wildman–Crippen LogP) is 2.18. The number of carbonyl (C=O) groups excluding carboxylic acids is 1. The van der Waals surface area contributed by atoms with Gasteiger partial charge in [-0.3, -0.25) is 0 Å². The van der Waals surface area contributed by atoms with Gasteiger partial charge in [0.05, 0.1) is 13.2 Å². The zero-order valence-electron chi connectivity index (χ0n) is 13.4. The Hall–Kier alpha value is -1.75. The second-order valence-corrected chi connectivity index (χ2v) is 5.98. The van der Waals surface area contributed by atoms with Gasteiger partial charge >= 0.3 is 6.03 Å². The van der Waals surface area contributed by atoms with Crippen LogP contribution in [0.1, 0.15) is 31.7 Å². The monoisotopic (exact) mass is 306 g/mol. The number of nitrogens with zero attached hydrogens (tertiary/aromatic N) is 1. The van der Waals surface area contributed by atoms with Gasteiger partial charge in [-0.2, -0.15) is 0 Å². The third kappa shape index (κ3) is 4.91. The number of carbonyl (C=O) groups is 1. The fraction of sp³-hybridized carbons (Fsp3) is 0.588. The van der Waals surface area contributed by atoms with Crippen LogP contribution in [0.15, 0.2) is 24.3 Å². The molecule has 5 heteroatoms. The fourth-order valence-corrected chi connectivity index (χ4v) is 2.69. The van der Waals surface area contributed by atoms with Crippen LogP contribution < -0.4 is 10.1 Å². The summed E-state index contributed by atoms with van der Waals surface area (Å²) in [6.45, 7) is 3.19. The van der Waals surface area contributed by atoms with Gasteiger partial charge in [-0.15, -0.1) is 0 Å². The van der Waals surface area contributed by atoms with Gasteiger partial charge in [0, 0.05) is 19.1 Å². The third-order valence-electron chi connectivity index (χ3n) is 4.08. The van der Waals surface area contributed by atoms with Gasteiger partial charge in [0.1, 0.15) is 5.75 Å². The first kappa shape index (κ1) is 16.6. The molecule has 0 bridgehead atoms. The van der Waals surface area contributed by atoms with Crippen molar-refractivity contribution in [3.05, 3.63) is 29.8 Å². The van der Waals surface area contributed by atoms with Crippen molar-refractivity contribution in [1.82, 2.24) is 10.2 Å². The van der Waals surface area contributed by atoms with Crippen LogP contribution in [0.5, 0.6) is 5.75 Å². The first-order chi connectivity index (χ1) is 10.6. The Morgan fingerprint density at radius 2 is 2.18 bits per heavy atom. The molecular weight excluding hydrogens is 280 g/mol. The Labute approximate surface area is 132 Å². The van der Waals surface area contributed by atoms with Gasteiger partial charge in [0.15, 0.2) is 0 Å². The minimum Gasteiger partial charge on any atom is -0.497 e. The van der Waals surface area contributed by atoms with Crippen LogP contribution in [-0.2, 0) is 6.42 Å². The van der Waals surface area contributed by atoms with E-state index >= 15 is 0 Å². The molecule has 1 aliphatic rings. The Morgan fingerprint density at radius 3 is 2.82 bits per heavy atom. The summed E-state index contributed by atoms with van der Waals surface area (Å²) in [7, 11) is 1.66. The van der Waals surface area contributed by atoms with Crippen LogP contribution in [0.3, 0.4) is 0 Å². The minimum absolute atomic E-state index is 0.0685. The SMILES string of the molecule is COc1ccc(CCC(C)NC(=O)N2CCCC(O)C2)cc1. The zero-order chi connectivity index (χ0) is 15.9. The van der Waals surface area contributed by atoms with Crippen LogP contribution in [0.25, 0.3) is 0 Å². The van der Waals surface area contributed by atoms with Gasteiger partial charge in [0.25, 0.3) is 0 Å². The average molecular weight is 306 g/mol. The fourth-order valence-electron chi connectivity index (χ4n) is 2.69. The number of ether oxygens (including phenoxy) is 1. The van der Waals surface area contributed by atoms with E-state index in [1.165, 1.54) is 5.56 Å². The Bertz CT molecular complexity index is 475. The van der Waals surface area contributed by atoms with Crippen LogP contribution in [0.2, 0.25) is 0 Å². The van der Waals surface area contributed by atoms with E-state index in [0.29, 0.717) is 6.54 Å². The topological polar surface area (TPSA) is 61.8 Å². The highest BCUT2D eigenvalue weighted by Crippen LogP contribution is 2.14. The summed E-state index contributed by atoms with van der Waals surface area (Å²) in [6.07, 6.45) is 3.07. The van der Waals surface area contributed by atoms with Crippen molar-refractivity contribution in [2.45, 2.75) is 44.8 Å². The molecule has 2 amide bonds.